The average Bonchev–Trinajstić information content (AvgIpc) is 3.13. The van der Waals surface area contributed by atoms with Crippen molar-refractivity contribution < 1.29 is 0 Å². The predicted octanol–water partition coefficient (Wildman–Crippen LogP) is 6.37. The fourth-order valence-corrected chi connectivity index (χ4v) is 4.12. The number of hydrogen-bond donors (Lipinski definition) is 2. The fraction of sp³-hybridized carbons (Fsp3) is 0.667. The number of nitrogens with one attached hydrogen (secondary N) is 2. The molecule has 6 nitrogen and oxygen atoms in total. The number of anilines is 2. The maximum absolute atomic E-state index is 4.81. The lowest BCUT2D eigenvalue weighted by Gasteiger charge is -2.25. The standard InChI is InChI=1S/C20H31N5S.C4H9N/c1-5-13(2)9-10-21-18-17(19-22-11-14(3)26-19)15(4)24-20(25-18)23-12-16-7-6-8-16;1-3-5-4-2/h11,13,16H,5-10,12H2,1-4H3,(H2,21,23,24,25);3H,4H2,1-2H3. The molecule has 0 aliphatic heterocycles. The van der Waals surface area contributed by atoms with Gasteiger partial charge in [0.2, 0.25) is 5.95 Å². The molecule has 1 saturated carbocycles. The second-order valence-corrected chi connectivity index (χ2v) is 9.53. The lowest BCUT2D eigenvalue weighted by molar-refractivity contribution is 0.333. The first kappa shape index (κ1) is 25.2. The normalized spacial score (nSPS) is 14.6. The Labute approximate surface area is 192 Å². The third-order valence-corrected chi connectivity index (χ3v) is 6.62. The summed E-state index contributed by atoms with van der Waals surface area (Å²) >= 11 is 1.70. The van der Waals surface area contributed by atoms with E-state index in [1.54, 1.807) is 17.6 Å². The number of aliphatic imine (C=N–C) groups is 1. The predicted molar refractivity (Wildman–Crippen MR) is 136 cm³/mol. The summed E-state index contributed by atoms with van der Waals surface area (Å²) in [6.07, 6.45) is 10.1. The van der Waals surface area contributed by atoms with Gasteiger partial charge in [0.15, 0.2) is 0 Å². The number of nitrogens with zero attached hydrogens (tertiary/aromatic N) is 4. The van der Waals surface area contributed by atoms with Crippen LogP contribution in [0.5, 0.6) is 0 Å². The summed E-state index contributed by atoms with van der Waals surface area (Å²) in [5.74, 6) is 3.14. The Kier molecular flexibility index (Phi) is 10.9. The molecule has 0 amide bonds. The first-order valence-corrected chi connectivity index (χ1v) is 12.5. The number of aromatic nitrogens is 3. The van der Waals surface area contributed by atoms with Gasteiger partial charge in [0, 0.05) is 30.7 Å². The topological polar surface area (TPSA) is 75.1 Å². The van der Waals surface area contributed by atoms with Crippen LogP contribution < -0.4 is 10.6 Å². The van der Waals surface area contributed by atoms with E-state index >= 15 is 0 Å². The molecule has 31 heavy (non-hydrogen) atoms. The molecule has 1 fully saturated rings. The Balaban J connectivity index is 0.000000614. The molecular weight excluding hydrogens is 404 g/mol. The minimum absolute atomic E-state index is 0.715. The van der Waals surface area contributed by atoms with Crippen molar-refractivity contribution >= 4 is 29.3 Å². The summed E-state index contributed by atoms with van der Waals surface area (Å²) in [4.78, 5) is 19.1. The van der Waals surface area contributed by atoms with Crippen molar-refractivity contribution in [3.63, 3.8) is 0 Å². The van der Waals surface area contributed by atoms with Crippen LogP contribution in [0.3, 0.4) is 0 Å². The van der Waals surface area contributed by atoms with Gasteiger partial charge in [-0.1, -0.05) is 26.7 Å². The molecule has 1 unspecified atom stereocenters. The first-order valence-electron chi connectivity index (χ1n) is 11.7. The molecule has 0 saturated heterocycles. The number of rotatable bonds is 10. The minimum atomic E-state index is 0.715. The molecular formula is C24H40N6S. The van der Waals surface area contributed by atoms with Crippen molar-refractivity contribution in [3.05, 3.63) is 16.8 Å². The molecule has 1 aliphatic rings. The molecule has 2 heterocycles. The van der Waals surface area contributed by atoms with Crippen molar-refractivity contribution in [2.75, 3.05) is 30.3 Å². The van der Waals surface area contributed by atoms with Crippen LogP contribution in [0, 0.1) is 25.7 Å². The third kappa shape index (κ3) is 8.20. The Morgan fingerprint density at radius 3 is 2.52 bits per heavy atom. The highest BCUT2D eigenvalue weighted by Crippen LogP contribution is 2.33. The molecule has 172 valence electrons. The van der Waals surface area contributed by atoms with Crippen LogP contribution in [0.15, 0.2) is 11.2 Å². The van der Waals surface area contributed by atoms with Crippen molar-refractivity contribution in [1.82, 2.24) is 15.0 Å². The average molecular weight is 445 g/mol. The lowest BCUT2D eigenvalue weighted by Crippen LogP contribution is -2.22. The van der Waals surface area contributed by atoms with Gasteiger partial charge in [0.1, 0.15) is 10.8 Å². The van der Waals surface area contributed by atoms with E-state index in [-0.39, 0.29) is 0 Å². The molecule has 0 bridgehead atoms. The smallest absolute Gasteiger partial charge is 0.224 e. The summed E-state index contributed by atoms with van der Waals surface area (Å²) in [6.45, 7) is 15.4. The Morgan fingerprint density at radius 1 is 1.23 bits per heavy atom. The second-order valence-electron chi connectivity index (χ2n) is 8.30. The van der Waals surface area contributed by atoms with Gasteiger partial charge < -0.3 is 10.6 Å². The van der Waals surface area contributed by atoms with Gasteiger partial charge in [-0.15, -0.1) is 11.3 Å². The number of hydrogen-bond acceptors (Lipinski definition) is 7. The molecule has 3 rings (SSSR count). The van der Waals surface area contributed by atoms with E-state index in [0.29, 0.717) is 5.92 Å². The monoisotopic (exact) mass is 444 g/mol. The Hall–Kier alpha value is -2.02. The fourth-order valence-electron chi connectivity index (χ4n) is 3.26. The maximum atomic E-state index is 4.81. The molecule has 0 aromatic carbocycles. The van der Waals surface area contributed by atoms with Gasteiger partial charge in [-0.05, 0) is 65.0 Å². The van der Waals surface area contributed by atoms with Crippen molar-refractivity contribution in [2.24, 2.45) is 16.8 Å². The molecule has 0 spiro atoms. The quantitative estimate of drug-likeness (QED) is 0.416. The van der Waals surface area contributed by atoms with Gasteiger partial charge in [-0.3, -0.25) is 4.99 Å². The molecule has 2 N–H and O–H groups in total. The molecule has 1 atom stereocenters. The minimum Gasteiger partial charge on any atom is -0.369 e. The van der Waals surface area contributed by atoms with Gasteiger partial charge in [-0.25, -0.2) is 9.97 Å². The van der Waals surface area contributed by atoms with Crippen molar-refractivity contribution in [1.29, 1.82) is 0 Å². The van der Waals surface area contributed by atoms with E-state index < -0.39 is 0 Å². The van der Waals surface area contributed by atoms with Gasteiger partial charge in [0.25, 0.3) is 0 Å². The molecule has 2 aromatic heterocycles. The van der Waals surface area contributed by atoms with Crippen LogP contribution in [0.4, 0.5) is 11.8 Å². The summed E-state index contributed by atoms with van der Waals surface area (Å²) in [7, 11) is 0. The summed E-state index contributed by atoms with van der Waals surface area (Å²) in [6, 6.07) is 0. The van der Waals surface area contributed by atoms with Crippen LogP contribution in [-0.4, -0.2) is 40.8 Å². The largest absolute Gasteiger partial charge is 0.369 e. The van der Waals surface area contributed by atoms with Crippen molar-refractivity contribution in [3.8, 4) is 10.6 Å². The molecule has 2 aromatic rings. The van der Waals surface area contributed by atoms with E-state index in [4.69, 9.17) is 9.97 Å². The molecule has 1 aliphatic carbocycles. The highest BCUT2D eigenvalue weighted by atomic mass is 32.1. The lowest BCUT2D eigenvalue weighted by atomic mass is 9.85. The van der Waals surface area contributed by atoms with Crippen LogP contribution >= 0.6 is 11.3 Å². The SMILES string of the molecule is CC=NCC.CCC(C)CCNc1nc(NCC2CCC2)nc(C)c1-c1ncc(C)s1. The zero-order chi connectivity index (χ0) is 22.6. The maximum Gasteiger partial charge on any atom is 0.224 e. The highest BCUT2D eigenvalue weighted by molar-refractivity contribution is 7.15. The number of aryl methyl sites for hydroxylation is 2. The van der Waals surface area contributed by atoms with E-state index in [2.05, 4.69) is 48.3 Å². The van der Waals surface area contributed by atoms with Crippen LogP contribution in [0.25, 0.3) is 10.6 Å². The molecule has 0 radical (unpaired) electrons. The van der Waals surface area contributed by atoms with E-state index in [1.165, 1.54) is 30.6 Å². The summed E-state index contributed by atoms with van der Waals surface area (Å²) < 4.78 is 0. The third-order valence-electron chi connectivity index (χ3n) is 5.69. The summed E-state index contributed by atoms with van der Waals surface area (Å²) in [5, 5.41) is 8.00. The Bertz CT molecular complexity index is 812. The van der Waals surface area contributed by atoms with Crippen LogP contribution in [0.2, 0.25) is 0 Å². The Morgan fingerprint density at radius 2 is 2.00 bits per heavy atom. The van der Waals surface area contributed by atoms with Crippen LogP contribution in [0.1, 0.15) is 70.4 Å². The van der Waals surface area contributed by atoms with Gasteiger partial charge in [-0.2, -0.15) is 4.98 Å². The highest BCUT2D eigenvalue weighted by Gasteiger charge is 2.19. The number of thiazole rings is 1. The molecule has 7 heteroatoms. The van der Waals surface area contributed by atoms with E-state index in [0.717, 1.165) is 60.0 Å². The zero-order valence-corrected chi connectivity index (χ0v) is 21.0. The van der Waals surface area contributed by atoms with Crippen LogP contribution in [-0.2, 0) is 0 Å². The zero-order valence-electron chi connectivity index (χ0n) is 20.2. The van der Waals surface area contributed by atoms with E-state index in [9.17, 15) is 0 Å². The van der Waals surface area contributed by atoms with Gasteiger partial charge in [0.05, 0.1) is 11.3 Å². The first-order chi connectivity index (χ1) is 15.0. The van der Waals surface area contributed by atoms with E-state index in [1.807, 2.05) is 20.0 Å². The van der Waals surface area contributed by atoms with Gasteiger partial charge >= 0.3 is 0 Å². The van der Waals surface area contributed by atoms with Crippen molar-refractivity contribution in [2.45, 2.75) is 73.6 Å². The second kappa shape index (κ2) is 13.4. The summed E-state index contributed by atoms with van der Waals surface area (Å²) in [5.41, 5.74) is 2.03.